The van der Waals surface area contributed by atoms with Crippen LogP contribution in [-0.4, -0.2) is 189 Å². The van der Waals surface area contributed by atoms with E-state index in [0.717, 1.165) is 5.56 Å². The van der Waals surface area contributed by atoms with Gasteiger partial charge in [-0.15, -0.1) is 0 Å². The molecule has 0 heterocycles. The fraction of sp³-hybridized carbons (Fsp3) is 0.458. The lowest BCUT2D eigenvalue weighted by Gasteiger charge is -2.24. The number of nitrogens with one attached hydrogen (secondary N) is 10. The number of amides is 10. The Bertz CT molecular complexity index is 3950. The molecule has 5 rings (SSSR count). The zero-order valence-electron chi connectivity index (χ0n) is 66.1. The molecular weight excluding hydrogens is 1500 g/mol. The van der Waals surface area contributed by atoms with Crippen molar-refractivity contribution in [1.82, 2.24) is 53.2 Å². The van der Waals surface area contributed by atoms with Crippen LogP contribution in [0, 0.1) is 5.92 Å². The van der Waals surface area contributed by atoms with Crippen molar-refractivity contribution in [2.75, 3.05) is 52.6 Å². The van der Waals surface area contributed by atoms with E-state index in [4.69, 9.17) is 33.2 Å². The molecule has 0 fully saturated rings. The summed E-state index contributed by atoms with van der Waals surface area (Å²) in [7, 11) is 0. The summed E-state index contributed by atoms with van der Waals surface area (Å²) in [5, 5.41) is 35.0. The Labute approximate surface area is 674 Å². The summed E-state index contributed by atoms with van der Waals surface area (Å²) in [6.45, 7) is 5.99. The molecule has 6 unspecified atom stereocenters. The van der Waals surface area contributed by atoms with Crippen LogP contribution >= 0.6 is 0 Å². The zero-order valence-corrected chi connectivity index (χ0v) is 66.1. The van der Waals surface area contributed by atoms with Crippen LogP contribution in [0.1, 0.15) is 139 Å². The Morgan fingerprint density at radius 1 is 0.362 bits per heavy atom. The SMILES string of the molecule is CC(C)CC(NC(=O)C(Cc1ccccc1)NC(=O)CNC(=O)OC(C)(C)C)C(=O)NCC(=O)NCCCCC(NC(=O)CCC(=O)O)C(=O)NCCOCCOCC(=O)NC(CCC(=O)NC(CCC(=O)OCc1ccccc1)C(=O)OCc1ccccc1)C(=O)NC(CCC(=O)OCc1ccccc1)C(=O)OCc1ccccc1. The van der Waals surface area contributed by atoms with Crippen molar-refractivity contribution in [2.24, 2.45) is 5.92 Å². The molecule has 0 aliphatic heterocycles. The largest absolute Gasteiger partial charge is 0.481 e. The van der Waals surface area contributed by atoms with Gasteiger partial charge in [0.2, 0.25) is 53.2 Å². The van der Waals surface area contributed by atoms with Gasteiger partial charge < -0.3 is 91.4 Å². The van der Waals surface area contributed by atoms with Crippen LogP contribution in [0.15, 0.2) is 152 Å². The van der Waals surface area contributed by atoms with E-state index in [2.05, 4.69) is 53.2 Å². The van der Waals surface area contributed by atoms with Gasteiger partial charge in [-0.3, -0.25) is 57.5 Å². The van der Waals surface area contributed by atoms with Crippen molar-refractivity contribution in [3.05, 3.63) is 179 Å². The highest BCUT2D eigenvalue weighted by Gasteiger charge is 2.33. The van der Waals surface area contributed by atoms with Crippen LogP contribution in [0.3, 0.4) is 0 Å². The number of carboxylic acid groups (broad SMARTS) is 1. The number of hydrogen-bond donors (Lipinski definition) is 11. The quantitative estimate of drug-likeness (QED) is 0.0146. The highest BCUT2D eigenvalue weighted by molar-refractivity contribution is 5.95. The van der Waals surface area contributed by atoms with Gasteiger partial charge in [0, 0.05) is 45.2 Å². The van der Waals surface area contributed by atoms with Crippen molar-refractivity contribution in [3.8, 4) is 0 Å². The second-order valence-corrected chi connectivity index (χ2v) is 28.3. The molecule has 0 aromatic heterocycles. The van der Waals surface area contributed by atoms with Gasteiger partial charge in [-0.2, -0.15) is 0 Å². The van der Waals surface area contributed by atoms with E-state index in [-0.39, 0.29) is 123 Å². The maximum Gasteiger partial charge on any atom is 0.408 e. The van der Waals surface area contributed by atoms with Crippen molar-refractivity contribution in [1.29, 1.82) is 0 Å². The van der Waals surface area contributed by atoms with Crippen LogP contribution < -0.4 is 53.2 Å². The zero-order chi connectivity index (χ0) is 84.5. The van der Waals surface area contributed by atoms with Gasteiger partial charge in [0.1, 0.15) is 81.4 Å². The van der Waals surface area contributed by atoms with Crippen molar-refractivity contribution in [3.63, 3.8) is 0 Å². The minimum Gasteiger partial charge on any atom is -0.481 e. The average molecular weight is 1610 g/mol. The summed E-state index contributed by atoms with van der Waals surface area (Å²) in [6.07, 6.45) is -3.20. The van der Waals surface area contributed by atoms with E-state index in [1.165, 1.54) is 0 Å². The summed E-state index contributed by atoms with van der Waals surface area (Å²) in [5.41, 5.74) is 2.54. The van der Waals surface area contributed by atoms with Crippen LogP contribution in [0.4, 0.5) is 4.79 Å². The second kappa shape index (κ2) is 53.0. The van der Waals surface area contributed by atoms with Gasteiger partial charge in [0.05, 0.1) is 32.8 Å². The fourth-order valence-electron chi connectivity index (χ4n) is 10.9. The number of ether oxygens (including phenoxy) is 7. The van der Waals surface area contributed by atoms with E-state index in [1.54, 1.807) is 172 Å². The third kappa shape index (κ3) is 41.6. The number of carbonyl (C=O) groups excluding carboxylic acids is 14. The fourth-order valence-corrected chi connectivity index (χ4v) is 10.9. The van der Waals surface area contributed by atoms with Gasteiger partial charge in [0.15, 0.2) is 0 Å². The Kier molecular flexibility index (Phi) is 43.2. The summed E-state index contributed by atoms with van der Waals surface area (Å²) in [5.74, 6) is -11.2. The topological polar surface area (TPSA) is 461 Å². The first kappa shape index (κ1) is 94.5. The minimum absolute atomic E-state index is 0.0357. The van der Waals surface area contributed by atoms with Crippen LogP contribution in [0.5, 0.6) is 0 Å². The van der Waals surface area contributed by atoms with E-state index < -0.39 is 176 Å². The smallest absolute Gasteiger partial charge is 0.408 e. The van der Waals surface area contributed by atoms with Crippen molar-refractivity contribution >= 4 is 89.1 Å². The maximum atomic E-state index is 14.4. The molecule has 33 heteroatoms. The molecule has 0 radical (unpaired) electrons. The maximum absolute atomic E-state index is 14.4. The van der Waals surface area contributed by atoms with E-state index in [0.29, 0.717) is 22.3 Å². The first-order valence-electron chi connectivity index (χ1n) is 38.4. The lowest BCUT2D eigenvalue weighted by molar-refractivity contribution is -0.151. The molecular formula is C83H108N10O23. The first-order chi connectivity index (χ1) is 55.6. The molecule has 0 saturated heterocycles. The Morgan fingerprint density at radius 2 is 0.784 bits per heavy atom. The molecule has 116 heavy (non-hydrogen) atoms. The molecule has 0 saturated carbocycles. The standard InChI is InChI=1S/C83H108N10O23/c1-56(2)47-66(93-79(106)67(48-57-23-11-6-12-24-57)91-71(97)50-87-82(109)116-83(3,4)5)77(104)86-49-70(96)84-42-22-21-33-62(88-69(95)38-39-73(99)100)76(103)85-43-44-110-45-46-111-55-72(98)89-63(78(105)92-65(81(108)115-54-61-31-19-10-20-32-61)36-41-75(102)113-52-59-27-15-8-16-28-59)34-37-68(94)90-64(80(107)114-53-60-29-17-9-18-30-60)35-40-74(101)112-51-58-25-13-7-14-26-58/h6-20,23-32,56,62-67H,21-22,33-55H2,1-5H3,(H,84,96)(H,85,103)(H,86,104)(H,87,109)(H,88,95)(H,89,98)(H,90,94)(H,91,97)(H,92,105)(H,93,106)(H,99,100). The molecule has 628 valence electrons. The lowest BCUT2D eigenvalue weighted by atomic mass is 10.0. The number of benzene rings is 5. The third-order valence-electron chi connectivity index (χ3n) is 16.8. The van der Waals surface area contributed by atoms with Crippen molar-refractivity contribution < 1.29 is 110 Å². The molecule has 0 bridgehead atoms. The molecule has 0 aliphatic rings. The Morgan fingerprint density at radius 3 is 1.30 bits per heavy atom. The predicted octanol–water partition coefficient (Wildman–Crippen LogP) is 4.44. The highest BCUT2D eigenvalue weighted by Crippen LogP contribution is 2.15. The first-order valence-corrected chi connectivity index (χ1v) is 38.4. The summed E-state index contributed by atoms with van der Waals surface area (Å²) < 4.78 is 38.3. The number of unbranched alkanes of at least 4 members (excludes halogenated alkanes) is 1. The number of esters is 4. The molecule has 6 atom stereocenters. The van der Waals surface area contributed by atoms with Gasteiger partial charge in [-0.1, -0.05) is 166 Å². The molecule has 33 nitrogen and oxygen atoms in total. The number of carbonyl (C=O) groups is 15. The predicted molar refractivity (Wildman–Crippen MR) is 419 cm³/mol. The van der Waals surface area contributed by atoms with E-state index >= 15 is 0 Å². The monoisotopic (exact) mass is 1610 g/mol. The Balaban J connectivity index is 1.15. The number of alkyl carbamates (subject to hydrolysis) is 1. The molecule has 0 aliphatic carbocycles. The van der Waals surface area contributed by atoms with Crippen LogP contribution in [0.2, 0.25) is 0 Å². The third-order valence-corrected chi connectivity index (χ3v) is 16.8. The number of hydrogen-bond acceptors (Lipinski definition) is 22. The average Bonchev–Trinajstić information content (AvgIpc) is 0.869. The van der Waals surface area contributed by atoms with E-state index in [9.17, 15) is 77.0 Å². The van der Waals surface area contributed by atoms with Crippen LogP contribution in [0.25, 0.3) is 0 Å². The molecule has 0 spiro atoms. The molecule has 5 aromatic carbocycles. The highest BCUT2D eigenvalue weighted by atomic mass is 16.6. The molecule has 5 aromatic rings. The van der Waals surface area contributed by atoms with Gasteiger partial charge >= 0.3 is 35.9 Å². The van der Waals surface area contributed by atoms with Crippen molar-refractivity contribution in [2.45, 2.75) is 186 Å². The normalized spacial score (nSPS) is 12.5. The summed E-state index contributed by atoms with van der Waals surface area (Å²) >= 11 is 0. The van der Waals surface area contributed by atoms with E-state index in [1.807, 2.05) is 13.8 Å². The molecule has 11 N–H and O–H groups in total. The summed E-state index contributed by atoms with van der Waals surface area (Å²) in [6, 6.07) is 35.9. The van der Waals surface area contributed by atoms with Gasteiger partial charge in [-0.25, -0.2) is 14.4 Å². The number of aliphatic carboxylic acids is 1. The van der Waals surface area contributed by atoms with Gasteiger partial charge in [0.25, 0.3) is 0 Å². The lowest BCUT2D eigenvalue weighted by Crippen LogP contribution is -2.56. The molecule has 10 amide bonds. The minimum atomic E-state index is -1.58. The van der Waals surface area contributed by atoms with Gasteiger partial charge in [-0.05, 0) is 99.5 Å². The number of carboxylic acids is 1. The second-order valence-electron chi connectivity index (χ2n) is 28.3. The van der Waals surface area contributed by atoms with Crippen LogP contribution in [-0.2, 0) is 133 Å². The number of rotatable bonds is 53. The summed E-state index contributed by atoms with van der Waals surface area (Å²) in [4.78, 5) is 199. The Hall–Kier alpha value is -12.1.